The molecule has 1 unspecified atom stereocenters. The van der Waals surface area contributed by atoms with Gasteiger partial charge in [0.1, 0.15) is 0 Å². The molecule has 0 radical (unpaired) electrons. The predicted molar refractivity (Wildman–Crippen MR) is 96.2 cm³/mol. The molecule has 0 spiro atoms. The molecule has 0 fully saturated rings. The predicted octanol–water partition coefficient (Wildman–Crippen LogP) is 2.29. The lowest BCUT2D eigenvalue weighted by Gasteiger charge is -2.11. The Morgan fingerprint density at radius 2 is 2.04 bits per heavy atom. The van der Waals surface area contributed by atoms with Crippen LogP contribution in [0.25, 0.3) is 0 Å². The van der Waals surface area contributed by atoms with Crippen molar-refractivity contribution in [2.45, 2.75) is 45.6 Å². The van der Waals surface area contributed by atoms with Gasteiger partial charge in [-0.05, 0) is 24.5 Å². The van der Waals surface area contributed by atoms with Gasteiger partial charge >= 0.3 is 0 Å². The lowest BCUT2D eigenvalue weighted by Crippen LogP contribution is -2.27. The topological polar surface area (TPSA) is 76.0 Å². The Morgan fingerprint density at radius 1 is 1.28 bits per heavy atom. The van der Waals surface area contributed by atoms with Gasteiger partial charge in [-0.1, -0.05) is 32.0 Å². The molecule has 2 amide bonds. The highest BCUT2D eigenvalue weighted by Crippen LogP contribution is 2.34. The van der Waals surface area contributed by atoms with Crippen LogP contribution in [0.15, 0.2) is 24.3 Å². The molecular formula is C19H24N4O2. The molecule has 0 bridgehead atoms. The molecular weight excluding hydrogens is 316 g/mol. The van der Waals surface area contributed by atoms with E-state index < -0.39 is 5.92 Å². The van der Waals surface area contributed by atoms with Gasteiger partial charge in [0, 0.05) is 37.0 Å². The minimum atomic E-state index is -0.415. The van der Waals surface area contributed by atoms with E-state index >= 15 is 0 Å². The maximum absolute atomic E-state index is 12.4. The van der Waals surface area contributed by atoms with Gasteiger partial charge in [-0.2, -0.15) is 5.10 Å². The Kier molecular flexibility index (Phi) is 4.88. The number of hydrogen-bond donors (Lipinski definition) is 2. The van der Waals surface area contributed by atoms with Crippen LogP contribution in [0.2, 0.25) is 0 Å². The third-order valence-electron chi connectivity index (χ3n) is 4.79. The second kappa shape index (κ2) is 7.09. The second-order valence-corrected chi connectivity index (χ2v) is 6.31. The average molecular weight is 340 g/mol. The zero-order valence-corrected chi connectivity index (χ0v) is 14.9. The lowest BCUT2D eigenvalue weighted by atomic mass is 9.97. The monoisotopic (exact) mass is 340 g/mol. The summed E-state index contributed by atoms with van der Waals surface area (Å²) in [5.74, 6) is -0.646. The summed E-state index contributed by atoms with van der Waals surface area (Å²) in [7, 11) is 1.93. The maximum atomic E-state index is 12.4. The maximum Gasteiger partial charge on any atom is 0.232 e. The number of para-hydroxylation sites is 1. The van der Waals surface area contributed by atoms with E-state index in [2.05, 4.69) is 29.6 Å². The second-order valence-electron chi connectivity index (χ2n) is 6.31. The van der Waals surface area contributed by atoms with Crippen LogP contribution in [0.1, 0.15) is 48.7 Å². The number of benzene rings is 1. The number of aryl methyl sites for hydroxylation is 2. The summed E-state index contributed by atoms with van der Waals surface area (Å²) in [4.78, 5) is 24.6. The molecule has 0 aliphatic carbocycles. The highest BCUT2D eigenvalue weighted by atomic mass is 16.2. The van der Waals surface area contributed by atoms with Gasteiger partial charge in [-0.15, -0.1) is 0 Å². The Labute approximate surface area is 147 Å². The molecule has 6 nitrogen and oxygen atoms in total. The third-order valence-corrected chi connectivity index (χ3v) is 4.79. The summed E-state index contributed by atoms with van der Waals surface area (Å²) >= 11 is 0. The molecule has 2 N–H and O–H groups in total. The summed E-state index contributed by atoms with van der Waals surface area (Å²) in [5.41, 5.74) is 4.95. The summed E-state index contributed by atoms with van der Waals surface area (Å²) in [6.45, 7) is 4.60. The van der Waals surface area contributed by atoms with Crippen LogP contribution in [0.4, 0.5) is 5.69 Å². The van der Waals surface area contributed by atoms with Crippen LogP contribution < -0.4 is 10.6 Å². The molecule has 132 valence electrons. The van der Waals surface area contributed by atoms with E-state index in [1.807, 2.05) is 36.0 Å². The number of nitrogens with one attached hydrogen (secondary N) is 2. The number of nitrogens with zero attached hydrogens (tertiary/aromatic N) is 2. The number of aromatic nitrogens is 2. The van der Waals surface area contributed by atoms with Gasteiger partial charge in [-0.3, -0.25) is 14.3 Å². The van der Waals surface area contributed by atoms with Crippen LogP contribution in [0.5, 0.6) is 0 Å². The molecule has 1 aromatic carbocycles. The molecule has 1 atom stereocenters. The van der Waals surface area contributed by atoms with Crippen molar-refractivity contribution in [3.8, 4) is 0 Å². The molecule has 2 aromatic rings. The van der Waals surface area contributed by atoms with Gasteiger partial charge in [0.2, 0.25) is 11.8 Å². The quantitative estimate of drug-likeness (QED) is 0.847. The van der Waals surface area contributed by atoms with Crippen LogP contribution in [-0.4, -0.2) is 21.6 Å². The highest BCUT2D eigenvalue weighted by molar-refractivity contribution is 6.04. The van der Waals surface area contributed by atoms with E-state index in [1.54, 1.807) is 0 Å². The van der Waals surface area contributed by atoms with Crippen molar-refractivity contribution in [3.05, 3.63) is 46.8 Å². The average Bonchev–Trinajstić information content (AvgIpc) is 3.09. The Bertz CT molecular complexity index is 810. The zero-order chi connectivity index (χ0) is 18.0. The summed E-state index contributed by atoms with van der Waals surface area (Å²) in [5, 5.41) is 10.3. The Balaban J connectivity index is 1.68. The number of amides is 2. The Morgan fingerprint density at radius 3 is 2.76 bits per heavy atom. The van der Waals surface area contributed by atoms with Gasteiger partial charge in [0.05, 0.1) is 11.6 Å². The van der Waals surface area contributed by atoms with E-state index in [4.69, 9.17) is 0 Å². The number of hydrogen-bond acceptors (Lipinski definition) is 3. The van der Waals surface area contributed by atoms with Crippen LogP contribution in [-0.2, 0) is 36.0 Å². The van der Waals surface area contributed by atoms with E-state index in [1.165, 1.54) is 0 Å². The fraction of sp³-hybridized carbons (Fsp3) is 0.421. The minimum Gasteiger partial charge on any atom is -0.352 e. The highest BCUT2D eigenvalue weighted by Gasteiger charge is 2.31. The van der Waals surface area contributed by atoms with E-state index in [9.17, 15) is 9.59 Å². The molecule has 25 heavy (non-hydrogen) atoms. The van der Waals surface area contributed by atoms with Crippen molar-refractivity contribution in [2.24, 2.45) is 7.05 Å². The number of carbonyl (C=O) groups excluding carboxylic acids is 2. The normalized spacial score (nSPS) is 15.8. The molecule has 0 saturated carbocycles. The smallest absolute Gasteiger partial charge is 0.232 e. The van der Waals surface area contributed by atoms with Crippen molar-refractivity contribution >= 4 is 17.5 Å². The van der Waals surface area contributed by atoms with Gasteiger partial charge in [0.15, 0.2) is 0 Å². The summed E-state index contributed by atoms with van der Waals surface area (Å²) < 4.78 is 1.89. The van der Waals surface area contributed by atoms with Crippen LogP contribution >= 0.6 is 0 Å². The van der Waals surface area contributed by atoms with Crippen molar-refractivity contribution in [1.29, 1.82) is 0 Å². The fourth-order valence-electron chi connectivity index (χ4n) is 3.52. The number of fused-ring (bicyclic) bond motifs is 1. The SMILES string of the molecule is CCc1nn(C)c(CC)c1CNC(=O)CC1C(=O)Nc2ccccc21. The number of anilines is 1. The molecule has 1 aliphatic heterocycles. The minimum absolute atomic E-state index is 0.110. The van der Waals surface area contributed by atoms with Crippen molar-refractivity contribution in [3.63, 3.8) is 0 Å². The van der Waals surface area contributed by atoms with Gasteiger partial charge in [-0.25, -0.2) is 0 Å². The van der Waals surface area contributed by atoms with E-state index in [-0.39, 0.29) is 18.2 Å². The van der Waals surface area contributed by atoms with Crippen LogP contribution in [0.3, 0.4) is 0 Å². The molecule has 1 aliphatic rings. The van der Waals surface area contributed by atoms with Crippen molar-refractivity contribution in [1.82, 2.24) is 15.1 Å². The fourth-order valence-corrected chi connectivity index (χ4v) is 3.52. The molecule has 3 rings (SSSR count). The number of rotatable bonds is 6. The molecule has 0 saturated heterocycles. The van der Waals surface area contributed by atoms with Crippen LogP contribution in [0, 0.1) is 0 Å². The first-order valence-corrected chi connectivity index (χ1v) is 8.75. The first-order valence-electron chi connectivity index (χ1n) is 8.75. The molecule has 1 aromatic heterocycles. The molecule has 2 heterocycles. The summed E-state index contributed by atoms with van der Waals surface area (Å²) in [6, 6.07) is 7.53. The van der Waals surface area contributed by atoms with E-state index in [0.29, 0.717) is 6.54 Å². The standard InChI is InChI=1S/C19H24N4O2/c1-4-15-14(17(5-2)23(3)22-15)11-20-18(24)10-13-12-8-6-7-9-16(12)21-19(13)25/h6-9,13H,4-5,10-11H2,1-3H3,(H,20,24)(H,21,25). The number of carbonyl (C=O) groups is 2. The third kappa shape index (κ3) is 3.29. The lowest BCUT2D eigenvalue weighted by molar-refractivity contribution is -0.125. The van der Waals surface area contributed by atoms with Crippen molar-refractivity contribution < 1.29 is 9.59 Å². The summed E-state index contributed by atoms with van der Waals surface area (Å²) in [6.07, 6.45) is 1.86. The first kappa shape index (κ1) is 17.2. The van der Waals surface area contributed by atoms with E-state index in [0.717, 1.165) is 41.0 Å². The molecule has 6 heteroatoms. The van der Waals surface area contributed by atoms with Crippen molar-refractivity contribution in [2.75, 3.05) is 5.32 Å². The van der Waals surface area contributed by atoms with Gasteiger partial charge < -0.3 is 10.6 Å². The Hall–Kier alpha value is -2.63. The zero-order valence-electron chi connectivity index (χ0n) is 14.9. The van der Waals surface area contributed by atoms with Gasteiger partial charge in [0.25, 0.3) is 0 Å². The largest absolute Gasteiger partial charge is 0.352 e. The first-order chi connectivity index (χ1) is 12.0.